The highest BCUT2D eigenvalue weighted by atomic mass is 35.5. The lowest BCUT2D eigenvalue weighted by Gasteiger charge is -2.09. The van der Waals surface area contributed by atoms with Crippen molar-refractivity contribution in [3.05, 3.63) is 57.0 Å². The lowest BCUT2D eigenvalue weighted by atomic mass is 10.2. The fourth-order valence-electron chi connectivity index (χ4n) is 1.84. The molecule has 4 nitrogen and oxygen atoms in total. The molecule has 2 aromatic carbocycles. The van der Waals surface area contributed by atoms with Gasteiger partial charge in [0.1, 0.15) is 5.75 Å². The summed E-state index contributed by atoms with van der Waals surface area (Å²) in [6, 6.07) is 9.95. The number of rotatable bonds is 5. The van der Waals surface area contributed by atoms with Crippen molar-refractivity contribution in [2.75, 3.05) is 5.32 Å². The van der Waals surface area contributed by atoms with Crippen molar-refractivity contribution in [1.82, 2.24) is 0 Å². The van der Waals surface area contributed by atoms with Gasteiger partial charge in [-0.05, 0) is 31.2 Å². The molecule has 2 rings (SSSR count). The molecule has 0 heterocycles. The van der Waals surface area contributed by atoms with Gasteiger partial charge in [0.25, 0.3) is 0 Å². The van der Waals surface area contributed by atoms with Gasteiger partial charge in [0.05, 0.1) is 27.2 Å². The van der Waals surface area contributed by atoms with E-state index in [4.69, 9.17) is 39.5 Å². The first-order valence-corrected chi connectivity index (χ1v) is 8.20. The van der Waals surface area contributed by atoms with E-state index in [9.17, 15) is 9.59 Å². The summed E-state index contributed by atoms with van der Waals surface area (Å²) in [6.45, 7) is 1.93. The highest BCUT2D eigenvalue weighted by molar-refractivity contribution is 6.44. The standard InChI is InChI=1S/C17H14Cl3NO3/c1-10-2-4-11(5-3-10)24-17(23)7-6-16(22)21-15-9-13(19)12(18)8-14(15)20/h2-5,8-9H,6-7H2,1H3,(H,21,22). The van der Waals surface area contributed by atoms with Crippen LogP contribution in [0.25, 0.3) is 0 Å². The van der Waals surface area contributed by atoms with Gasteiger partial charge in [-0.2, -0.15) is 0 Å². The Balaban J connectivity index is 1.85. The zero-order chi connectivity index (χ0) is 17.7. The molecular formula is C17H14Cl3NO3. The monoisotopic (exact) mass is 385 g/mol. The molecule has 24 heavy (non-hydrogen) atoms. The van der Waals surface area contributed by atoms with Gasteiger partial charge in [0.2, 0.25) is 5.91 Å². The van der Waals surface area contributed by atoms with Crippen LogP contribution in [0, 0.1) is 6.92 Å². The van der Waals surface area contributed by atoms with Gasteiger partial charge in [-0.25, -0.2) is 0 Å². The number of nitrogens with one attached hydrogen (secondary N) is 1. The Kier molecular flexibility index (Phi) is 6.49. The third kappa shape index (κ3) is 5.41. The van der Waals surface area contributed by atoms with E-state index in [1.54, 1.807) is 12.1 Å². The second-order valence-electron chi connectivity index (χ2n) is 5.08. The van der Waals surface area contributed by atoms with Crippen molar-refractivity contribution in [1.29, 1.82) is 0 Å². The Morgan fingerprint density at radius 2 is 1.58 bits per heavy atom. The molecule has 0 unspecified atom stereocenters. The van der Waals surface area contributed by atoms with E-state index in [0.717, 1.165) is 5.56 Å². The van der Waals surface area contributed by atoms with E-state index >= 15 is 0 Å². The number of carbonyl (C=O) groups excluding carboxylic acids is 2. The smallest absolute Gasteiger partial charge is 0.311 e. The number of ether oxygens (including phenoxy) is 1. The first-order chi connectivity index (χ1) is 11.3. The molecule has 0 aliphatic rings. The first-order valence-electron chi connectivity index (χ1n) is 7.07. The van der Waals surface area contributed by atoms with Crippen LogP contribution in [0.1, 0.15) is 18.4 Å². The van der Waals surface area contributed by atoms with Gasteiger partial charge in [0, 0.05) is 6.42 Å². The molecule has 0 aliphatic heterocycles. The second-order valence-corrected chi connectivity index (χ2v) is 6.30. The SMILES string of the molecule is Cc1ccc(OC(=O)CCC(=O)Nc2cc(Cl)c(Cl)cc2Cl)cc1. The number of esters is 1. The fraction of sp³-hybridized carbons (Fsp3) is 0.176. The lowest BCUT2D eigenvalue weighted by Crippen LogP contribution is -2.16. The van der Waals surface area contributed by atoms with Crippen LogP contribution in [0.3, 0.4) is 0 Å². The molecule has 1 amide bonds. The number of anilines is 1. The molecule has 0 aromatic heterocycles. The summed E-state index contributed by atoms with van der Waals surface area (Å²) in [7, 11) is 0. The van der Waals surface area contributed by atoms with Gasteiger partial charge < -0.3 is 10.1 Å². The largest absolute Gasteiger partial charge is 0.427 e. The maximum absolute atomic E-state index is 11.9. The molecule has 0 atom stereocenters. The van der Waals surface area contributed by atoms with Crippen LogP contribution in [-0.4, -0.2) is 11.9 Å². The number of hydrogen-bond donors (Lipinski definition) is 1. The van der Waals surface area contributed by atoms with Crippen LogP contribution in [0.4, 0.5) is 5.69 Å². The normalized spacial score (nSPS) is 10.3. The molecule has 1 N–H and O–H groups in total. The molecule has 0 saturated heterocycles. The molecule has 0 radical (unpaired) electrons. The number of carbonyl (C=O) groups is 2. The molecule has 0 bridgehead atoms. The second kappa shape index (κ2) is 8.38. The molecule has 0 aliphatic carbocycles. The minimum absolute atomic E-state index is 0.0404. The van der Waals surface area contributed by atoms with Crippen molar-refractivity contribution >= 4 is 52.4 Å². The topological polar surface area (TPSA) is 55.4 Å². The average molecular weight is 387 g/mol. The Hall–Kier alpha value is -1.75. The quantitative estimate of drug-likeness (QED) is 0.432. The summed E-state index contributed by atoms with van der Waals surface area (Å²) in [6.07, 6.45) is -0.0973. The molecule has 7 heteroatoms. The van der Waals surface area contributed by atoms with Crippen molar-refractivity contribution in [2.24, 2.45) is 0 Å². The predicted octanol–water partition coefficient (Wildman–Crippen LogP) is 5.28. The molecule has 2 aromatic rings. The van der Waals surface area contributed by atoms with Crippen LogP contribution in [-0.2, 0) is 9.59 Å². The zero-order valence-electron chi connectivity index (χ0n) is 12.7. The molecular weight excluding hydrogens is 373 g/mol. The van der Waals surface area contributed by atoms with Crippen molar-refractivity contribution < 1.29 is 14.3 Å². The third-order valence-corrected chi connectivity index (χ3v) is 4.13. The molecule has 126 valence electrons. The summed E-state index contributed by atoms with van der Waals surface area (Å²) in [5.41, 5.74) is 1.40. The van der Waals surface area contributed by atoms with Crippen molar-refractivity contribution in [3.63, 3.8) is 0 Å². The van der Waals surface area contributed by atoms with E-state index in [0.29, 0.717) is 16.5 Å². The third-order valence-electron chi connectivity index (χ3n) is 3.09. The Bertz CT molecular complexity index is 760. The van der Waals surface area contributed by atoms with E-state index in [-0.39, 0.29) is 28.8 Å². The minimum Gasteiger partial charge on any atom is -0.427 e. The number of halogens is 3. The summed E-state index contributed by atoms with van der Waals surface area (Å²) < 4.78 is 5.14. The zero-order valence-corrected chi connectivity index (χ0v) is 15.0. The maximum atomic E-state index is 11.9. The van der Waals surface area contributed by atoms with E-state index in [1.165, 1.54) is 12.1 Å². The van der Waals surface area contributed by atoms with Crippen LogP contribution in [0.5, 0.6) is 5.75 Å². The highest BCUT2D eigenvalue weighted by Crippen LogP contribution is 2.32. The van der Waals surface area contributed by atoms with Gasteiger partial charge in [-0.3, -0.25) is 9.59 Å². The van der Waals surface area contributed by atoms with Crippen LogP contribution >= 0.6 is 34.8 Å². The van der Waals surface area contributed by atoms with Crippen molar-refractivity contribution in [3.8, 4) is 5.75 Å². The molecule has 0 spiro atoms. The minimum atomic E-state index is -0.491. The van der Waals surface area contributed by atoms with Gasteiger partial charge in [-0.1, -0.05) is 52.5 Å². The number of aryl methyl sites for hydroxylation is 1. The highest BCUT2D eigenvalue weighted by Gasteiger charge is 2.12. The van der Waals surface area contributed by atoms with Crippen molar-refractivity contribution in [2.45, 2.75) is 19.8 Å². The summed E-state index contributed by atoms with van der Waals surface area (Å²) in [5, 5.41) is 3.41. The Morgan fingerprint density at radius 3 is 2.25 bits per heavy atom. The number of amides is 1. The predicted molar refractivity (Wildman–Crippen MR) is 96.1 cm³/mol. The lowest BCUT2D eigenvalue weighted by molar-refractivity contribution is -0.135. The van der Waals surface area contributed by atoms with Gasteiger partial charge >= 0.3 is 5.97 Å². The summed E-state index contributed by atoms with van der Waals surface area (Å²) in [5.74, 6) is -0.427. The Morgan fingerprint density at radius 1 is 0.958 bits per heavy atom. The van der Waals surface area contributed by atoms with Gasteiger partial charge in [-0.15, -0.1) is 0 Å². The van der Waals surface area contributed by atoms with E-state index in [1.807, 2.05) is 19.1 Å². The molecule has 0 saturated carbocycles. The van der Waals surface area contributed by atoms with Gasteiger partial charge in [0.15, 0.2) is 0 Å². The fourth-order valence-corrected chi connectivity index (χ4v) is 2.43. The Labute approximate surface area is 154 Å². The molecule has 0 fully saturated rings. The van der Waals surface area contributed by atoms with Crippen LogP contribution in [0.2, 0.25) is 15.1 Å². The summed E-state index contributed by atoms with van der Waals surface area (Å²) >= 11 is 17.7. The number of hydrogen-bond acceptors (Lipinski definition) is 3. The number of benzene rings is 2. The van der Waals surface area contributed by atoms with Crippen LogP contribution < -0.4 is 10.1 Å². The van der Waals surface area contributed by atoms with Crippen LogP contribution in [0.15, 0.2) is 36.4 Å². The maximum Gasteiger partial charge on any atom is 0.311 e. The van der Waals surface area contributed by atoms with E-state index < -0.39 is 5.97 Å². The van der Waals surface area contributed by atoms with E-state index in [2.05, 4.69) is 5.32 Å². The first kappa shape index (κ1) is 18.6. The average Bonchev–Trinajstić information content (AvgIpc) is 2.53. The summed E-state index contributed by atoms with van der Waals surface area (Å²) in [4.78, 5) is 23.7.